The Balaban J connectivity index is 2.88. The molecule has 0 aromatic carbocycles. The number of carboxylic acids is 1. The molecule has 35 heavy (non-hydrogen) atoms. The molecule has 1 aliphatic rings. The van der Waals surface area contributed by atoms with Crippen molar-refractivity contribution in [1.29, 1.82) is 0 Å². The van der Waals surface area contributed by atoms with E-state index < -0.39 is 35.9 Å². The monoisotopic (exact) mass is 499 g/mol. The minimum absolute atomic E-state index is 0.244. The number of aliphatic carboxylic acids is 1. The quantitative estimate of drug-likeness (QED) is 0.0986. The number of hydrogen-bond donors (Lipinski definition) is 8. The number of carbonyl (C=O) groups is 4. The Labute approximate surface area is 207 Å². The number of hydrogen-bond acceptors (Lipinski definition) is 8. The first-order valence-electron chi connectivity index (χ1n) is 12.8. The van der Waals surface area contributed by atoms with Crippen LogP contribution in [0.2, 0.25) is 0 Å². The maximum Gasteiger partial charge on any atom is 0.326 e. The predicted molar refractivity (Wildman–Crippen MR) is 133 cm³/mol. The van der Waals surface area contributed by atoms with Crippen molar-refractivity contribution < 1.29 is 24.3 Å². The van der Waals surface area contributed by atoms with Crippen molar-refractivity contribution in [3.05, 3.63) is 0 Å². The first-order chi connectivity index (χ1) is 16.8. The second-order valence-corrected chi connectivity index (χ2v) is 9.02. The minimum Gasteiger partial charge on any atom is -0.480 e. The van der Waals surface area contributed by atoms with Crippen LogP contribution in [0.5, 0.6) is 0 Å². The van der Waals surface area contributed by atoms with E-state index in [-0.39, 0.29) is 18.4 Å². The zero-order chi connectivity index (χ0) is 26.1. The van der Waals surface area contributed by atoms with Gasteiger partial charge in [0.2, 0.25) is 17.7 Å². The molecule has 0 bridgehead atoms. The van der Waals surface area contributed by atoms with Gasteiger partial charge in [-0.15, -0.1) is 0 Å². The van der Waals surface area contributed by atoms with Gasteiger partial charge in [-0.2, -0.15) is 0 Å². The Morgan fingerprint density at radius 1 is 0.743 bits per heavy atom. The van der Waals surface area contributed by atoms with E-state index in [9.17, 15) is 24.3 Å². The first-order valence-corrected chi connectivity index (χ1v) is 12.8. The molecule has 12 heteroatoms. The van der Waals surface area contributed by atoms with Crippen LogP contribution in [-0.2, 0) is 19.2 Å². The molecule has 11 N–H and O–H groups in total. The molecule has 1 rings (SSSR count). The second kappa shape index (κ2) is 18.1. The van der Waals surface area contributed by atoms with Crippen molar-refractivity contribution in [2.45, 2.75) is 94.8 Å². The number of amides is 3. The second-order valence-electron chi connectivity index (χ2n) is 9.02. The number of carboxylic acid groups (broad SMARTS) is 1. The van der Waals surface area contributed by atoms with Crippen LogP contribution in [0, 0.1) is 0 Å². The van der Waals surface area contributed by atoms with E-state index in [1.807, 2.05) is 0 Å². The molecule has 0 spiro atoms. The molecule has 0 aromatic heterocycles. The van der Waals surface area contributed by atoms with Crippen LogP contribution in [-0.4, -0.2) is 79.1 Å². The van der Waals surface area contributed by atoms with Crippen molar-refractivity contribution in [1.82, 2.24) is 21.3 Å². The molecule has 0 radical (unpaired) electrons. The summed E-state index contributed by atoms with van der Waals surface area (Å²) in [5, 5.41) is 20.7. The summed E-state index contributed by atoms with van der Waals surface area (Å²) in [5.41, 5.74) is 16.6. The SMILES string of the molecule is NCCCCC(NC(=O)C(CCCCN)NC(=O)C(CCCCN)NC(=O)C1CCCN1)C(=O)O. The fraction of sp³-hybridized carbons (Fsp3) is 0.826. The lowest BCUT2D eigenvalue weighted by Crippen LogP contribution is -2.57. The van der Waals surface area contributed by atoms with Crippen LogP contribution >= 0.6 is 0 Å². The van der Waals surface area contributed by atoms with Gasteiger partial charge in [0, 0.05) is 0 Å². The Hall–Kier alpha value is -2.28. The molecule has 12 nitrogen and oxygen atoms in total. The summed E-state index contributed by atoms with van der Waals surface area (Å²) in [6, 6.07) is -3.17. The Kier molecular flexibility index (Phi) is 15.9. The highest BCUT2D eigenvalue weighted by Gasteiger charge is 2.31. The van der Waals surface area contributed by atoms with Gasteiger partial charge in [-0.1, -0.05) is 0 Å². The molecule has 4 unspecified atom stereocenters. The lowest BCUT2D eigenvalue weighted by atomic mass is 10.0. The van der Waals surface area contributed by atoms with Gasteiger partial charge in [0.15, 0.2) is 0 Å². The smallest absolute Gasteiger partial charge is 0.326 e. The standard InChI is InChI=1S/C23H45N7O5/c24-12-4-1-8-17(28-20(31)16-11-7-15-27-16)21(32)29-18(9-2-5-13-25)22(33)30-19(23(34)35)10-3-6-14-26/h16-19,27H,1-15,24-26H2,(H,28,31)(H,29,32)(H,30,33)(H,34,35). The van der Waals surface area contributed by atoms with Gasteiger partial charge in [-0.05, 0) is 96.8 Å². The summed E-state index contributed by atoms with van der Waals surface area (Å²) in [6.45, 7) is 2.09. The molecule has 0 saturated carbocycles. The Morgan fingerprint density at radius 2 is 1.20 bits per heavy atom. The van der Waals surface area contributed by atoms with Crippen molar-refractivity contribution in [2.24, 2.45) is 17.2 Å². The average molecular weight is 500 g/mol. The number of nitrogens with one attached hydrogen (secondary N) is 4. The highest BCUT2D eigenvalue weighted by molar-refractivity contribution is 5.94. The van der Waals surface area contributed by atoms with Crippen molar-refractivity contribution in [3.8, 4) is 0 Å². The van der Waals surface area contributed by atoms with Gasteiger partial charge in [0.25, 0.3) is 0 Å². The predicted octanol–water partition coefficient (Wildman–Crippen LogP) is -1.34. The first kappa shape index (κ1) is 30.8. The molecule has 4 atom stereocenters. The molecule has 1 saturated heterocycles. The number of rotatable bonds is 19. The number of carbonyl (C=O) groups excluding carboxylic acids is 3. The van der Waals surface area contributed by atoms with E-state index in [4.69, 9.17) is 17.2 Å². The van der Waals surface area contributed by atoms with Crippen LogP contribution in [0.25, 0.3) is 0 Å². The summed E-state index contributed by atoms with van der Waals surface area (Å²) in [5.74, 6) is -2.43. The zero-order valence-corrected chi connectivity index (χ0v) is 20.7. The topological polar surface area (TPSA) is 215 Å². The highest BCUT2D eigenvalue weighted by Crippen LogP contribution is 2.09. The van der Waals surface area contributed by atoms with Gasteiger partial charge in [-0.3, -0.25) is 14.4 Å². The summed E-state index contributed by atoms with van der Waals surface area (Å²) in [7, 11) is 0. The lowest BCUT2D eigenvalue weighted by Gasteiger charge is -2.25. The molecule has 0 aromatic rings. The molecule has 3 amide bonds. The maximum absolute atomic E-state index is 13.2. The van der Waals surface area contributed by atoms with Crippen molar-refractivity contribution >= 4 is 23.7 Å². The molecule has 1 heterocycles. The third-order valence-corrected chi connectivity index (χ3v) is 6.10. The third kappa shape index (κ3) is 12.3. The molecular formula is C23H45N7O5. The average Bonchev–Trinajstić information content (AvgIpc) is 3.37. The molecular weight excluding hydrogens is 454 g/mol. The fourth-order valence-electron chi connectivity index (χ4n) is 4.00. The molecule has 202 valence electrons. The van der Waals surface area contributed by atoms with E-state index in [0.717, 1.165) is 13.0 Å². The van der Waals surface area contributed by atoms with Crippen molar-refractivity contribution in [2.75, 3.05) is 26.2 Å². The number of nitrogens with two attached hydrogens (primary N) is 3. The van der Waals surface area contributed by atoms with Crippen LogP contribution in [0.15, 0.2) is 0 Å². The maximum atomic E-state index is 13.2. The minimum atomic E-state index is -1.14. The summed E-state index contributed by atoms with van der Waals surface area (Å²) < 4.78 is 0. The van der Waals surface area contributed by atoms with E-state index in [2.05, 4.69) is 21.3 Å². The van der Waals surface area contributed by atoms with Gasteiger partial charge in [-0.25, -0.2) is 4.79 Å². The van der Waals surface area contributed by atoms with Gasteiger partial charge >= 0.3 is 5.97 Å². The van der Waals surface area contributed by atoms with Crippen LogP contribution in [0.3, 0.4) is 0 Å². The van der Waals surface area contributed by atoms with Crippen LogP contribution in [0.4, 0.5) is 0 Å². The summed E-state index contributed by atoms with van der Waals surface area (Å²) >= 11 is 0. The zero-order valence-electron chi connectivity index (χ0n) is 20.7. The molecule has 1 aliphatic heterocycles. The van der Waals surface area contributed by atoms with Crippen molar-refractivity contribution in [3.63, 3.8) is 0 Å². The Morgan fingerprint density at radius 3 is 1.63 bits per heavy atom. The fourth-order valence-corrected chi connectivity index (χ4v) is 4.00. The van der Waals surface area contributed by atoms with E-state index in [1.54, 1.807) is 0 Å². The van der Waals surface area contributed by atoms with Gasteiger partial charge < -0.3 is 43.6 Å². The highest BCUT2D eigenvalue weighted by atomic mass is 16.4. The summed E-state index contributed by atoms with van der Waals surface area (Å²) in [4.78, 5) is 50.4. The van der Waals surface area contributed by atoms with E-state index >= 15 is 0 Å². The molecule has 0 aliphatic carbocycles. The summed E-state index contributed by atoms with van der Waals surface area (Å²) in [6.07, 6.45) is 6.30. The third-order valence-electron chi connectivity index (χ3n) is 6.10. The Bertz CT molecular complexity index is 658. The molecule has 1 fully saturated rings. The normalized spacial score (nSPS) is 17.9. The largest absolute Gasteiger partial charge is 0.480 e. The van der Waals surface area contributed by atoms with Gasteiger partial charge in [0.05, 0.1) is 6.04 Å². The van der Waals surface area contributed by atoms with Crippen LogP contribution < -0.4 is 38.5 Å². The van der Waals surface area contributed by atoms with Gasteiger partial charge in [0.1, 0.15) is 18.1 Å². The van der Waals surface area contributed by atoms with E-state index in [1.165, 1.54) is 0 Å². The van der Waals surface area contributed by atoms with Crippen LogP contribution in [0.1, 0.15) is 70.6 Å². The lowest BCUT2D eigenvalue weighted by molar-refractivity contribution is -0.142. The number of unbranched alkanes of at least 4 members (excludes halogenated alkanes) is 3. The van der Waals surface area contributed by atoms with E-state index in [0.29, 0.717) is 77.4 Å².